The van der Waals surface area contributed by atoms with Gasteiger partial charge >= 0.3 is 0 Å². The summed E-state index contributed by atoms with van der Waals surface area (Å²) < 4.78 is 0. The van der Waals surface area contributed by atoms with Gasteiger partial charge in [-0.05, 0) is 31.7 Å². The van der Waals surface area contributed by atoms with Crippen molar-refractivity contribution in [3.8, 4) is 0 Å². The molecule has 0 bridgehead atoms. The third kappa shape index (κ3) is 4.53. The lowest BCUT2D eigenvalue weighted by Crippen LogP contribution is -2.37. The van der Waals surface area contributed by atoms with Crippen LogP contribution in [0.2, 0.25) is 0 Å². The fourth-order valence-electron chi connectivity index (χ4n) is 3.44. The van der Waals surface area contributed by atoms with Gasteiger partial charge in [0.2, 0.25) is 0 Å². The maximum Gasteiger partial charge on any atom is 0.0944 e. The first-order valence-corrected chi connectivity index (χ1v) is 9.44. The molecule has 1 aromatic heterocycles. The van der Waals surface area contributed by atoms with E-state index in [2.05, 4.69) is 45.4 Å². The van der Waals surface area contributed by atoms with Gasteiger partial charge < -0.3 is 5.32 Å². The van der Waals surface area contributed by atoms with Crippen molar-refractivity contribution in [3.63, 3.8) is 0 Å². The molecule has 0 radical (unpaired) electrons. The summed E-state index contributed by atoms with van der Waals surface area (Å²) in [6.07, 6.45) is 8.08. The van der Waals surface area contributed by atoms with Gasteiger partial charge in [0, 0.05) is 23.3 Å². The third-order valence-corrected chi connectivity index (χ3v) is 5.99. The minimum absolute atomic E-state index is 0.170. The molecule has 1 aromatic rings. The molecule has 3 heteroatoms. The van der Waals surface area contributed by atoms with E-state index >= 15 is 0 Å². The highest BCUT2D eigenvalue weighted by Gasteiger charge is 2.27. The smallest absolute Gasteiger partial charge is 0.0944 e. The molecule has 1 unspecified atom stereocenters. The predicted octanol–water partition coefficient (Wildman–Crippen LogP) is 4.79. The second-order valence-corrected chi connectivity index (χ2v) is 8.61. The van der Waals surface area contributed by atoms with Gasteiger partial charge in [0.05, 0.1) is 10.7 Å². The topological polar surface area (TPSA) is 24.9 Å². The lowest BCUT2D eigenvalue weighted by Gasteiger charge is -2.33. The maximum absolute atomic E-state index is 4.87. The number of nitrogens with one attached hydrogen (secondary N) is 1. The van der Waals surface area contributed by atoms with Gasteiger partial charge in [-0.25, -0.2) is 4.98 Å². The Balaban J connectivity index is 1.95. The van der Waals surface area contributed by atoms with E-state index in [-0.39, 0.29) is 5.41 Å². The van der Waals surface area contributed by atoms with Crippen molar-refractivity contribution >= 4 is 11.3 Å². The molecule has 21 heavy (non-hydrogen) atoms. The van der Waals surface area contributed by atoms with Gasteiger partial charge in [0.15, 0.2) is 0 Å². The van der Waals surface area contributed by atoms with Crippen molar-refractivity contribution < 1.29 is 0 Å². The quantitative estimate of drug-likeness (QED) is 0.846. The van der Waals surface area contributed by atoms with E-state index in [1.54, 1.807) is 0 Å². The summed E-state index contributed by atoms with van der Waals surface area (Å²) in [7, 11) is 2.12. The zero-order valence-corrected chi connectivity index (χ0v) is 15.2. The average molecular weight is 309 g/mol. The molecule has 0 aliphatic heterocycles. The summed E-state index contributed by atoms with van der Waals surface area (Å²) in [6, 6.07) is 0.599. The summed E-state index contributed by atoms with van der Waals surface area (Å²) >= 11 is 1.84. The molecule has 2 nitrogen and oxygen atoms in total. The predicted molar refractivity (Wildman–Crippen MR) is 93.1 cm³/mol. The SMILES string of the molecule is CCC1CCC(C(Cc2nc(C(C)(C)C)cs2)NC)CC1. The molecule has 2 rings (SSSR count). The number of aromatic nitrogens is 1. The second-order valence-electron chi connectivity index (χ2n) is 7.66. The van der Waals surface area contributed by atoms with Gasteiger partial charge in [-0.15, -0.1) is 11.3 Å². The van der Waals surface area contributed by atoms with Crippen LogP contribution in [0, 0.1) is 11.8 Å². The Morgan fingerprint density at radius 3 is 2.43 bits per heavy atom. The number of hydrogen-bond donors (Lipinski definition) is 1. The van der Waals surface area contributed by atoms with E-state index in [4.69, 9.17) is 4.98 Å². The van der Waals surface area contributed by atoms with Crippen LogP contribution in [0.5, 0.6) is 0 Å². The fraction of sp³-hybridized carbons (Fsp3) is 0.833. The standard InChI is InChI=1S/C18H32N2S/c1-6-13-7-9-14(10-8-13)15(19-5)11-17-20-16(12-21-17)18(2,3)4/h12-15,19H,6-11H2,1-5H3. The van der Waals surface area contributed by atoms with Crippen LogP contribution in [-0.4, -0.2) is 18.1 Å². The molecule has 1 aliphatic carbocycles. The highest BCUT2D eigenvalue weighted by Crippen LogP contribution is 2.34. The molecule has 1 N–H and O–H groups in total. The van der Waals surface area contributed by atoms with Crippen molar-refractivity contribution in [1.82, 2.24) is 10.3 Å². The van der Waals surface area contributed by atoms with Crippen LogP contribution in [0.15, 0.2) is 5.38 Å². The molecule has 120 valence electrons. The maximum atomic E-state index is 4.87. The lowest BCUT2D eigenvalue weighted by molar-refractivity contribution is 0.222. The van der Waals surface area contributed by atoms with Crippen LogP contribution < -0.4 is 5.32 Å². The van der Waals surface area contributed by atoms with Crippen molar-refractivity contribution in [2.75, 3.05) is 7.05 Å². The monoisotopic (exact) mass is 308 g/mol. The van der Waals surface area contributed by atoms with Crippen LogP contribution in [0.1, 0.15) is 70.5 Å². The number of likely N-dealkylation sites (N-methyl/N-ethyl adjacent to an activating group) is 1. The van der Waals surface area contributed by atoms with Crippen LogP contribution in [0.3, 0.4) is 0 Å². The minimum atomic E-state index is 0.170. The van der Waals surface area contributed by atoms with Gasteiger partial charge in [-0.3, -0.25) is 0 Å². The lowest BCUT2D eigenvalue weighted by atomic mass is 9.77. The van der Waals surface area contributed by atoms with Gasteiger partial charge in [0.1, 0.15) is 0 Å². The Morgan fingerprint density at radius 2 is 1.95 bits per heavy atom. The Morgan fingerprint density at radius 1 is 1.29 bits per heavy atom. The second kappa shape index (κ2) is 7.23. The average Bonchev–Trinajstić information content (AvgIpc) is 2.93. The third-order valence-electron chi connectivity index (χ3n) is 5.12. The molecular weight excluding hydrogens is 276 g/mol. The van der Waals surface area contributed by atoms with Crippen molar-refractivity contribution in [1.29, 1.82) is 0 Å². The molecule has 1 fully saturated rings. The van der Waals surface area contributed by atoms with Crippen molar-refractivity contribution in [3.05, 3.63) is 16.1 Å². The summed E-state index contributed by atoms with van der Waals surface area (Å²) in [6.45, 7) is 9.07. The highest BCUT2D eigenvalue weighted by molar-refractivity contribution is 7.09. The van der Waals surface area contributed by atoms with E-state index < -0.39 is 0 Å². The summed E-state index contributed by atoms with van der Waals surface area (Å²) in [4.78, 5) is 4.87. The normalized spacial score (nSPS) is 25.0. The Kier molecular flexibility index (Phi) is 5.84. The van der Waals surface area contributed by atoms with Crippen molar-refractivity contribution in [2.24, 2.45) is 11.8 Å². The van der Waals surface area contributed by atoms with E-state index in [9.17, 15) is 0 Å². The van der Waals surface area contributed by atoms with Crippen LogP contribution >= 0.6 is 11.3 Å². The molecular formula is C18H32N2S. The zero-order valence-electron chi connectivity index (χ0n) is 14.4. The molecule has 0 aromatic carbocycles. The van der Waals surface area contributed by atoms with Gasteiger partial charge in [-0.1, -0.05) is 47.0 Å². The van der Waals surface area contributed by atoms with Crippen LogP contribution in [0.25, 0.3) is 0 Å². The molecule has 1 saturated carbocycles. The van der Waals surface area contributed by atoms with E-state index in [0.29, 0.717) is 6.04 Å². The molecule has 0 amide bonds. The van der Waals surface area contributed by atoms with Gasteiger partial charge in [-0.2, -0.15) is 0 Å². The van der Waals surface area contributed by atoms with Gasteiger partial charge in [0.25, 0.3) is 0 Å². The molecule has 1 aliphatic rings. The largest absolute Gasteiger partial charge is 0.316 e. The minimum Gasteiger partial charge on any atom is -0.316 e. The molecule has 1 heterocycles. The Hall–Kier alpha value is -0.410. The highest BCUT2D eigenvalue weighted by atomic mass is 32.1. The summed E-state index contributed by atoms with van der Waals surface area (Å²) in [5.74, 6) is 1.81. The zero-order chi connectivity index (χ0) is 15.5. The van der Waals surface area contributed by atoms with Crippen LogP contribution in [-0.2, 0) is 11.8 Å². The van der Waals surface area contributed by atoms with Crippen molar-refractivity contribution in [2.45, 2.75) is 77.7 Å². The Bertz CT molecular complexity index is 425. The Labute approximate surface area is 134 Å². The molecule has 0 spiro atoms. The van der Waals surface area contributed by atoms with E-state index in [1.807, 2.05) is 11.3 Å². The first kappa shape index (κ1) is 17.0. The summed E-state index contributed by atoms with van der Waals surface area (Å²) in [5, 5.41) is 7.12. The first-order valence-electron chi connectivity index (χ1n) is 8.56. The number of thiazole rings is 1. The fourth-order valence-corrected chi connectivity index (χ4v) is 4.52. The van der Waals surface area contributed by atoms with Crippen LogP contribution in [0.4, 0.5) is 0 Å². The molecule has 0 saturated heterocycles. The van der Waals surface area contributed by atoms with E-state index in [1.165, 1.54) is 42.8 Å². The first-order chi connectivity index (χ1) is 9.94. The number of hydrogen-bond acceptors (Lipinski definition) is 3. The molecule has 1 atom stereocenters. The van der Waals surface area contributed by atoms with E-state index in [0.717, 1.165) is 18.3 Å². The number of nitrogens with zero attached hydrogens (tertiary/aromatic N) is 1. The number of rotatable bonds is 5. The summed E-state index contributed by atoms with van der Waals surface area (Å²) in [5.41, 5.74) is 1.41.